The normalized spacial score (nSPS) is 12.2. The quantitative estimate of drug-likeness (QED) is 0.397. The average Bonchev–Trinajstić information content (AvgIpc) is 3.28. The van der Waals surface area contributed by atoms with Crippen LogP contribution >= 0.6 is 0 Å². The van der Waals surface area contributed by atoms with Gasteiger partial charge in [0, 0.05) is 25.6 Å². The molecule has 3 rings (SSSR count). The first-order chi connectivity index (χ1) is 17.0. The third kappa shape index (κ3) is 6.00. The van der Waals surface area contributed by atoms with E-state index >= 15 is 0 Å². The predicted octanol–water partition coefficient (Wildman–Crippen LogP) is 3.79. The number of urea groups is 1. The van der Waals surface area contributed by atoms with Gasteiger partial charge in [0.15, 0.2) is 15.4 Å². The van der Waals surface area contributed by atoms with E-state index in [-0.39, 0.29) is 36.0 Å². The van der Waals surface area contributed by atoms with Crippen molar-refractivity contribution in [1.29, 1.82) is 0 Å². The number of benzene rings is 2. The molecule has 0 fully saturated rings. The fourth-order valence-corrected chi connectivity index (χ4v) is 4.98. The van der Waals surface area contributed by atoms with Gasteiger partial charge in [-0.25, -0.2) is 27.9 Å². The number of nitrogens with zero attached hydrogens (tertiary/aromatic N) is 3. The number of carboxylic acid groups (broad SMARTS) is 1. The summed E-state index contributed by atoms with van der Waals surface area (Å²) in [6.45, 7) is 1.15. The van der Waals surface area contributed by atoms with Crippen LogP contribution in [0.3, 0.4) is 0 Å². The summed E-state index contributed by atoms with van der Waals surface area (Å²) in [5.74, 6) is -0.594. The van der Waals surface area contributed by atoms with Crippen molar-refractivity contribution in [3.63, 3.8) is 0 Å². The number of rotatable bonds is 10. The molecular weight excluding hydrogens is 490 g/mol. The van der Waals surface area contributed by atoms with Crippen LogP contribution in [0.2, 0.25) is 0 Å². The van der Waals surface area contributed by atoms with Crippen LogP contribution in [-0.2, 0) is 15.6 Å². The van der Waals surface area contributed by atoms with Crippen molar-refractivity contribution in [3.8, 4) is 5.75 Å². The van der Waals surface area contributed by atoms with E-state index in [0.29, 0.717) is 22.4 Å². The zero-order valence-corrected chi connectivity index (χ0v) is 20.9. The number of Topliss-reactive ketones (excluding diaryl/α,β-unsaturated/α-hetero) is 1. The molecule has 0 radical (unpaired) electrons. The lowest BCUT2D eigenvalue weighted by Crippen LogP contribution is -2.51. The molecule has 0 saturated carbocycles. The Labute approximate surface area is 208 Å². The minimum Gasteiger partial charge on any atom is -0.496 e. The lowest BCUT2D eigenvalue weighted by Gasteiger charge is -2.29. The van der Waals surface area contributed by atoms with Crippen molar-refractivity contribution < 1.29 is 37.1 Å². The standard InChI is InChI=1S/C24H27N3O8S/c1-16(36(32,33)15-17-9-4-6-12-20(17)34-3)27(24(30)31)23(29)26(2)14-8-11-19(28)22-25-18-10-5-7-13-21(18)35-22/h4-7,9-10,12-13,16H,8,11,14-15H2,1-3H3,(H,30,31). The first-order valence-corrected chi connectivity index (χ1v) is 12.8. The third-order valence-electron chi connectivity index (χ3n) is 5.60. The Balaban J connectivity index is 1.63. The van der Waals surface area contributed by atoms with Gasteiger partial charge in [-0.15, -0.1) is 0 Å². The number of oxazole rings is 1. The summed E-state index contributed by atoms with van der Waals surface area (Å²) >= 11 is 0. The van der Waals surface area contributed by atoms with E-state index in [9.17, 15) is 27.9 Å². The summed E-state index contributed by atoms with van der Waals surface area (Å²) in [6, 6.07) is 12.4. The maximum atomic E-state index is 13.0. The molecule has 1 heterocycles. The van der Waals surface area contributed by atoms with Crippen LogP contribution in [0.15, 0.2) is 52.9 Å². The minimum absolute atomic E-state index is 0.000826. The van der Waals surface area contributed by atoms with Crippen molar-refractivity contribution in [2.24, 2.45) is 0 Å². The fraction of sp³-hybridized carbons (Fsp3) is 0.333. The summed E-state index contributed by atoms with van der Waals surface area (Å²) in [4.78, 5) is 42.6. The number of carbonyl (C=O) groups is 3. The van der Waals surface area contributed by atoms with E-state index in [1.165, 1.54) is 14.2 Å². The lowest BCUT2D eigenvalue weighted by atomic mass is 10.2. The van der Waals surface area contributed by atoms with Crippen LogP contribution in [0.25, 0.3) is 11.1 Å². The first-order valence-electron chi connectivity index (χ1n) is 11.0. The number of amides is 3. The first kappa shape index (κ1) is 26.7. The molecule has 36 heavy (non-hydrogen) atoms. The van der Waals surface area contributed by atoms with Gasteiger partial charge in [0.25, 0.3) is 5.89 Å². The van der Waals surface area contributed by atoms with E-state index in [0.717, 1.165) is 11.8 Å². The Morgan fingerprint density at radius 1 is 1.11 bits per heavy atom. The van der Waals surface area contributed by atoms with Crippen molar-refractivity contribution in [2.45, 2.75) is 30.9 Å². The van der Waals surface area contributed by atoms with Gasteiger partial charge in [-0.3, -0.25) is 4.79 Å². The molecule has 0 bridgehead atoms. The van der Waals surface area contributed by atoms with E-state index < -0.39 is 33.1 Å². The number of sulfone groups is 1. The molecule has 3 aromatic rings. The molecular formula is C24H27N3O8S. The number of hydrogen-bond acceptors (Lipinski definition) is 8. The second-order valence-corrected chi connectivity index (χ2v) is 10.4. The average molecular weight is 518 g/mol. The van der Waals surface area contributed by atoms with Crippen LogP contribution in [0.1, 0.15) is 36.0 Å². The van der Waals surface area contributed by atoms with Gasteiger partial charge in [0.1, 0.15) is 16.6 Å². The Kier molecular flexibility index (Phi) is 8.30. The molecule has 1 aromatic heterocycles. The number of hydrogen-bond donors (Lipinski definition) is 1. The number of carbonyl (C=O) groups excluding carboxylic acids is 2. The largest absolute Gasteiger partial charge is 0.496 e. The van der Waals surface area contributed by atoms with Crippen molar-refractivity contribution in [3.05, 3.63) is 60.0 Å². The van der Waals surface area contributed by atoms with E-state index in [2.05, 4.69) is 4.98 Å². The van der Waals surface area contributed by atoms with Crippen LogP contribution in [0.4, 0.5) is 9.59 Å². The second-order valence-electron chi connectivity index (χ2n) is 8.09. The summed E-state index contributed by atoms with van der Waals surface area (Å²) < 4.78 is 36.6. The highest BCUT2D eigenvalue weighted by atomic mass is 32.2. The molecule has 1 unspecified atom stereocenters. The molecule has 12 heteroatoms. The summed E-state index contributed by atoms with van der Waals surface area (Å²) in [5.41, 5.74) is 1.37. The number of fused-ring (bicyclic) bond motifs is 1. The summed E-state index contributed by atoms with van der Waals surface area (Å²) in [6.07, 6.45) is -1.51. The van der Waals surface area contributed by atoms with Crippen molar-refractivity contribution >= 4 is 38.8 Å². The monoisotopic (exact) mass is 517 g/mol. The van der Waals surface area contributed by atoms with Gasteiger partial charge in [-0.2, -0.15) is 0 Å². The molecule has 11 nitrogen and oxygen atoms in total. The van der Waals surface area contributed by atoms with Crippen LogP contribution < -0.4 is 4.74 Å². The van der Waals surface area contributed by atoms with Crippen LogP contribution in [0, 0.1) is 0 Å². The van der Waals surface area contributed by atoms with Gasteiger partial charge < -0.3 is 19.2 Å². The van der Waals surface area contributed by atoms with Crippen molar-refractivity contribution in [2.75, 3.05) is 20.7 Å². The number of imide groups is 1. The van der Waals surface area contributed by atoms with E-state index in [4.69, 9.17) is 9.15 Å². The molecule has 1 N–H and O–H groups in total. The molecule has 0 aliphatic rings. The summed E-state index contributed by atoms with van der Waals surface area (Å²) in [5, 5.41) is 7.98. The van der Waals surface area contributed by atoms with E-state index in [1.54, 1.807) is 48.5 Å². The number of methoxy groups -OCH3 is 1. The Hall–Kier alpha value is -3.93. The van der Waals surface area contributed by atoms with Gasteiger partial charge >= 0.3 is 12.1 Å². The highest BCUT2D eigenvalue weighted by Gasteiger charge is 2.37. The maximum absolute atomic E-state index is 13.0. The molecule has 0 saturated heterocycles. The lowest BCUT2D eigenvalue weighted by molar-refractivity contribution is 0.0941. The van der Waals surface area contributed by atoms with Gasteiger partial charge in [0.2, 0.25) is 5.78 Å². The number of para-hydroxylation sites is 3. The zero-order chi connectivity index (χ0) is 26.5. The van der Waals surface area contributed by atoms with Gasteiger partial charge in [-0.05, 0) is 31.5 Å². The molecule has 0 aliphatic carbocycles. The van der Waals surface area contributed by atoms with E-state index in [1.807, 2.05) is 0 Å². The molecule has 0 aliphatic heterocycles. The second kappa shape index (κ2) is 11.2. The SMILES string of the molecule is COc1ccccc1CS(=O)(=O)C(C)N(C(=O)O)C(=O)N(C)CCCC(=O)c1nc2ccccc2o1. The maximum Gasteiger partial charge on any atom is 0.416 e. The molecule has 1 atom stereocenters. The topological polar surface area (TPSA) is 147 Å². The molecule has 2 aromatic carbocycles. The number of aromatic nitrogens is 1. The molecule has 0 spiro atoms. The Morgan fingerprint density at radius 3 is 2.44 bits per heavy atom. The minimum atomic E-state index is -4.11. The van der Waals surface area contributed by atoms with Crippen LogP contribution in [-0.4, -0.2) is 72.3 Å². The van der Waals surface area contributed by atoms with Crippen LogP contribution in [0.5, 0.6) is 5.75 Å². The molecule has 192 valence electrons. The number of ether oxygens (including phenoxy) is 1. The smallest absolute Gasteiger partial charge is 0.416 e. The highest BCUT2D eigenvalue weighted by molar-refractivity contribution is 7.91. The Bertz CT molecular complexity index is 1340. The van der Waals surface area contributed by atoms with Gasteiger partial charge in [0.05, 0.1) is 12.9 Å². The highest BCUT2D eigenvalue weighted by Crippen LogP contribution is 2.23. The summed E-state index contributed by atoms with van der Waals surface area (Å²) in [7, 11) is -1.38. The fourth-order valence-electron chi connectivity index (χ4n) is 3.57. The third-order valence-corrected chi connectivity index (χ3v) is 7.56. The zero-order valence-electron chi connectivity index (χ0n) is 20.1. The predicted molar refractivity (Wildman–Crippen MR) is 131 cm³/mol. The molecule has 3 amide bonds. The Morgan fingerprint density at radius 2 is 1.78 bits per heavy atom. The van der Waals surface area contributed by atoms with Gasteiger partial charge in [-0.1, -0.05) is 30.3 Å². The van der Waals surface area contributed by atoms with Crippen molar-refractivity contribution in [1.82, 2.24) is 14.8 Å². The number of ketones is 1.